The van der Waals surface area contributed by atoms with Crippen molar-refractivity contribution in [3.8, 4) is 11.3 Å². The Morgan fingerprint density at radius 1 is 1.12 bits per heavy atom. The summed E-state index contributed by atoms with van der Waals surface area (Å²) in [6.07, 6.45) is 6.18. The molecular formula is C11H7FN4. The van der Waals surface area contributed by atoms with Crippen molar-refractivity contribution in [2.24, 2.45) is 0 Å². The maximum absolute atomic E-state index is 13.7. The van der Waals surface area contributed by atoms with E-state index < -0.39 is 0 Å². The summed E-state index contributed by atoms with van der Waals surface area (Å²) in [5.74, 6) is -0.306. The molecule has 0 amide bonds. The number of nitrogens with one attached hydrogen (secondary N) is 1. The van der Waals surface area contributed by atoms with Crippen LogP contribution in [0.2, 0.25) is 0 Å². The summed E-state index contributed by atoms with van der Waals surface area (Å²) < 4.78 is 13.7. The van der Waals surface area contributed by atoms with E-state index in [2.05, 4.69) is 19.9 Å². The number of hydrogen-bond donors (Lipinski definition) is 1. The van der Waals surface area contributed by atoms with E-state index in [1.54, 1.807) is 18.5 Å². The minimum Gasteiger partial charge on any atom is -0.345 e. The molecule has 78 valence electrons. The molecular weight excluding hydrogens is 207 g/mol. The van der Waals surface area contributed by atoms with Crippen molar-refractivity contribution in [2.75, 3.05) is 0 Å². The van der Waals surface area contributed by atoms with Gasteiger partial charge >= 0.3 is 0 Å². The van der Waals surface area contributed by atoms with Crippen LogP contribution in [0, 0.1) is 5.82 Å². The zero-order valence-corrected chi connectivity index (χ0v) is 8.18. The molecule has 3 heterocycles. The lowest BCUT2D eigenvalue weighted by molar-refractivity contribution is 0.639. The normalized spacial score (nSPS) is 10.8. The number of pyridine rings is 1. The molecule has 0 aromatic carbocycles. The standard InChI is InChI=1S/C11H7FN4/c12-8-1-4-14-11-10(8)7(5-15-11)9-2-3-13-6-16-9/h1-6H,(H,14,15). The van der Waals surface area contributed by atoms with E-state index in [-0.39, 0.29) is 5.82 Å². The van der Waals surface area contributed by atoms with E-state index in [0.717, 1.165) is 0 Å². The van der Waals surface area contributed by atoms with Crippen molar-refractivity contribution in [3.63, 3.8) is 0 Å². The van der Waals surface area contributed by atoms with Gasteiger partial charge in [-0.15, -0.1) is 0 Å². The molecule has 0 saturated carbocycles. The van der Waals surface area contributed by atoms with Gasteiger partial charge in [0.2, 0.25) is 0 Å². The highest BCUT2D eigenvalue weighted by Crippen LogP contribution is 2.27. The number of aromatic amines is 1. The monoisotopic (exact) mass is 214 g/mol. The highest BCUT2D eigenvalue weighted by Gasteiger charge is 2.11. The molecule has 0 fully saturated rings. The molecule has 0 spiro atoms. The summed E-state index contributed by atoms with van der Waals surface area (Å²) in [5.41, 5.74) is 1.89. The maximum atomic E-state index is 13.7. The van der Waals surface area contributed by atoms with Crippen LogP contribution in [-0.4, -0.2) is 19.9 Å². The Kier molecular flexibility index (Phi) is 1.89. The van der Waals surface area contributed by atoms with Crippen LogP contribution >= 0.6 is 0 Å². The molecule has 0 atom stereocenters. The van der Waals surface area contributed by atoms with Crippen LogP contribution in [0.5, 0.6) is 0 Å². The predicted octanol–water partition coefficient (Wildman–Crippen LogP) is 2.16. The van der Waals surface area contributed by atoms with Gasteiger partial charge in [-0.3, -0.25) is 0 Å². The molecule has 3 aromatic heterocycles. The summed E-state index contributed by atoms with van der Waals surface area (Å²) in [6.45, 7) is 0. The molecule has 0 radical (unpaired) electrons. The van der Waals surface area contributed by atoms with E-state index >= 15 is 0 Å². The summed E-state index contributed by atoms with van der Waals surface area (Å²) in [5, 5.41) is 0.459. The Morgan fingerprint density at radius 2 is 2.06 bits per heavy atom. The zero-order chi connectivity index (χ0) is 11.0. The van der Waals surface area contributed by atoms with Crippen LogP contribution in [-0.2, 0) is 0 Å². The van der Waals surface area contributed by atoms with Crippen LogP contribution in [0.3, 0.4) is 0 Å². The molecule has 16 heavy (non-hydrogen) atoms. The van der Waals surface area contributed by atoms with Gasteiger partial charge in [0.25, 0.3) is 0 Å². The number of nitrogens with zero attached hydrogens (tertiary/aromatic N) is 3. The first-order chi connectivity index (χ1) is 7.86. The highest BCUT2D eigenvalue weighted by molar-refractivity contribution is 5.92. The molecule has 3 rings (SSSR count). The summed E-state index contributed by atoms with van der Waals surface area (Å²) in [4.78, 5) is 14.9. The maximum Gasteiger partial charge on any atom is 0.140 e. The number of rotatable bonds is 1. The van der Waals surface area contributed by atoms with Gasteiger partial charge < -0.3 is 4.98 Å². The van der Waals surface area contributed by atoms with Gasteiger partial charge in [-0.1, -0.05) is 0 Å². The Hall–Kier alpha value is -2.30. The largest absolute Gasteiger partial charge is 0.345 e. The molecule has 1 N–H and O–H groups in total. The molecule has 0 aliphatic rings. The van der Waals surface area contributed by atoms with Gasteiger partial charge in [0.15, 0.2) is 0 Å². The lowest BCUT2D eigenvalue weighted by atomic mass is 10.1. The van der Waals surface area contributed by atoms with Gasteiger partial charge in [-0.05, 0) is 12.1 Å². The molecule has 0 aliphatic carbocycles. The molecule has 4 nitrogen and oxygen atoms in total. The quantitative estimate of drug-likeness (QED) is 0.675. The van der Waals surface area contributed by atoms with Crippen LogP contribution in [0.1, 0.15) is 0 Å². The van der Waals surface area contributed by atoms with Crippen LogP contribution < -0.4 is 0 Å². The van der Waals surface area contributed by atoms with Gasteiger partial charge in [0.05, 0.1) is 11.1 Å². The average molecular weight is 214 g/mol. The van der Waals surface area contributed by atoms with E-state index in [4.69, 9.17) is 0 Å². The van der Waals surface area contributed by atoms with Gasteiger partial charge in [0, 0.05) is 24.2 Å². The molecule has 0 saturated heterocycles. The fourth-order valence-corrected chi connectivity index (χ4v) is 1.67. The molecule has 0 aliphatic heterocycles. The van der Waals surface area contributed by atoms with Crippen molar-refractivity contribution in [3.05, 3.63) is 42.9 Å². The lowest BCUT2D eigenvalue weighted by Crippen LogP contribution is -1.85. The summed E-state index contributed by atoms with van der Waals surface area (Å²) in [6, 6.07) is 3.07. The molecule has 5 heteroatoms. The van der Waals surface area contributed by atoms with Crippen LogP contribution in [0.25, 0.3) is 22.3 Å². The SMILES string of the molecule is Fc1ccnc2[nH]cc(-c3ccncn3)c12. The third-order valence-electron chi connectivity index (χ3n) is 2.38. The van der Waals surface area contributed by atoms with Gasteiger partial charge in [0.1, 0.15) is 17.8 Å². The van der Waals surface area contributed by atoms with E-state index in [1.807, 2.05) is 0 Å². The molecule has 0 unspecified atom stereocenters. The van der Waals surface area contributed by atoms with Crippen LogP contribution in [0.15, 0.2) is 37.1 Å². The second-order valence-corrected chi connectivity index (χ2v) is 3.31. The van der Waals surface area contributed by atoms with Crippen molar-refractivity contribution >= 4 is 11.0 Å². The first kappa shape index (κ1) is 8.96. The van der Waals surface area contributed by atoms with Crippen molar-refractivity contribution < 1.29 is 4.39 Å². The zero-order valence-electron chi connectivity index (χ0n) is 8.18. The minimum atomic E-state index is -0.306. The van der Waals surface area contributed by atoms with Gasteiger partial charge in [-0.25, -0.2) is 19.3 Å². The first-order valence-corrected chi connectivity index (χ1v) is 4.74. The fourth-order valence-electron chi connectivity index (χ4n) is 1.67. The number of fused-ring (bicyclic) bond motifs is 1. The lowest BCUT2D eigenvalue weighted by Gasteiger charge is -1.97. The first-order valence-electron chi connectivity index (χ1n) is 4.74. The third kappa shape index (κ3) is 1.25. The van der Waals surface area contributed by atoms with E-state index in [0.29, 0.717) is 22.3 Å². The van der Waals surface area contributed by atoms with E-state index in [9.17, 15) is 4.39 Å². The minimum absolute atomic E-state index is 0.306. The van der Waals surface area contributed by atoms with Crippen LogP contribution in [0.4, 0.5) is 4.39 Å². The topological polar surface area (TPSA) is 54.5 Å². The Morgan fingerprint density at radius 3 is 2.88 bits per heavy atom. The Labute approximate surface area is 90.2 Å². The summed E-state index contributed by atoms with van der Waals surface area (Å²) in [7, 11) is 0. The second-order valence-electron chi connectivity index (χ2n) is 3.31. The van der Waals surface area contributed by atoms with Crippen molar-refractivity contribution in [1.82, 2.24) is 19.9 Å². The Balaban J connectivity index is 2.33. The smallest absolute Gasteiger partial charge is 0.140 e. The highest BCUT2D eigenvalue weighted by atomic mass is 19.1. The number of halogens is 1. The number of hydrogen-bond acceptors (Lipinski definition) is 3. The van der Waals surface area contributed by atoms with Gasteiger partial charge in [-0.2, -0.15) is 0 Å². The fraction of sp³-hybridized carbons (Fsp3) is 0. The number of H-pyrrole nitrogens is 1. The van der Waals surface area contributed by atoms with Crippen molar-refractivity contribution in [1.29, 1.82) is 0 Å². The Bertz CT molecular complexity index is 633. The molecule has 3 aromatic rings. The summed E-state index contributed by atoms with van der Waals surface area (Å²) >= 11 is 0. The van der Waals surface area contributed by atoms with E-state index in [1.165, 1.54) is 18.6 Å². The number of aromatic nitrogens is 4. The second kappa shape index (κ2) is 3.37. The predicted molar refractivity (Wildman–Crippen MR) is 57.1 cm³/mol. The third-order valence-corrected chi connectivity index (χ3v) is 2.38. The molecule has 0 bridgehead atoms. The van der Waals surface area contributed by atoms with Crippen molar-refractivity contribution in [2.45, 2.75) is 0 Å². The average Bonchev–Trinajstić information content (AvgIpc) is 2.75.